The maximum Gasteiger partial charge on any atom is 0.221 e. The van der Waals surface area contributed by atoms with Gasteiger partial charge in [0.15, 0.2) is 0 Å². The van der Waals surface area contributed by atoms with Crippen molar-refractivity contribution in [2.45, 2.75) is 6.92 Å². The molecule has 1 N–H and O–H groups in total. The summed E-state index contributed by atoms with van der Waals surface area (Å²) >= 11 is 0. The van der Waals surface area contributed by atoms with Crippen LogP contribution < -0.4 is 34.2 Å². The number of benzene rings is 1. The zero-order valence-corrected chi connectivity index (χ0v) is 14.0. The molecule has 4 nitrogen and oxygen atoms in total. The molecular weight excluding hydrogens is 353 g/mol. The molecule has 0 radical (unpaired) electrons. The quantitative estimate of drug-likeness (QED) is 0.507. The van der Waals surface area contributed by atoms with Crippen molar-refractivity contribution < 1.29 is 33.3 Å². The maximum atomic E-state index is 11.1. The second kappa shape index (κ2) is 6.56. The average Bonchev–Trinajstić information content (AvgIpc) is 2.28. The molecule has 0 aromatic heterocycles. The highest BCUT2D eigenvalue weighted by molar-refractivity contribution is 5.89. The number of likely N-dealkylation sites (N-methyl/N-ethyl adjacent to an activating group) is 1. The van der Waals surface area contributed by atoms with Crippen LogP contribution in [0.1, 0.15) is 6.92 Å². The van der Waals surface area contributed by atoms with Gasteiger partial charge in [-0.3, -0.25) is 4.79 Å². The van der Waals surface area contributed by atoms with E-state index in [1.165, 1.54) is 12.6 Å². The Labute approximate surface area is 132 Å². The summed E-state index contributed by atoms with van der Waals surface area (Å²) in [5, 5.41) is 2.83. The third kappa shape index (κ3) is 4.65. The van der Waals surface area contributed by atoms with Crippen LogP contribution in [0.3, 0.4) is 0 Å². The lowest BCUT2D eigenvalue weighted by Crippen LogP contribution is -3.00. The molecule has 5 heteroatoms. The van der Waals surface area contributed by atoms with Gasteiger partial charge in [-0.2, -0.15) is 0 Å². The molecule has 1 saturated heterocycles. The van der Waals surface area contributed by atoms with Crippen molar-refractivity contribution in [2.75, 3.05) is 50.5 Å². The van der Waals surface area contributed by atoms with Crippen molar-refractivity contribution in [3.63, 3.8) is 0 Å². The Balaban J connectivity index is 0.00000180. The molecule has 1 aromatic rings. The van der Waals surface area contributed by atoms with Crippen LogP contribution in [0.15, 0.2) is 24.3 Å². The van der Waals surface area contributed by atoms with Gasteiger partial charge in [0, 0.05) is 18.3 Å². The SMILES string of the molecule is CC(=O)Nc1cccc(N2CC[N+](C)(C)CC2)c1.[I-]. The predicted molar refractivity (Wildman–Crippen MR) is 74.8 cm³/mol. The average molecular weight is 375 g/mol. The minimum Gasteiger partial charge on any atom is -1.00 e. The summed E-state index contributed by atoms with van der Waals surface area (Å²) in [7, 11) is 4.54. The second-order valence-corrected chi connectivity index (χ2v) is 5.60. The van der Waals surface area contributed by atoms with E-state index in [1.54, 1.807) is 0 Å². The highest BCUT2D eigenvalue weighted by atomic mass is 127. The summed E-state index contributed by atoms with van der Waals surface area (Å²) in [4.78, 5) is 13.4. The number of quaternary nitrogens is 1. The number of rotatable bonds is 2. The number of amides is 1. The van der Waals surface area contributed by atoms with E-state index in [9.17, 15) is 4.79 Å². The molecule has 0 saturated carbocycles. The van der Waals surface area contributed by atoms with Crippen molar-refractivity contribution in [2.24, 2.45) is 0 Å². The molecule has 0 atom stereocenters. The van der Waals surface area contributed by atoms with Crippen molar-refractivity contribution in [3.05, 3.63) is 24.3 Å². The molecule has 0 unspecified atom stereocenters. The van der Waals surface area contributed by atoms with Crippen LogP contribution in [0.5, 0.6) is 0 Å². The highest BCUT2D eigenvalue weighted by Gasteiger charge is 2.24. The van der Waals surface area contributed by atoms with Gasteiger partial charge in [0.25, 0.3) is 0 Å². The van der Waals surface area contributed by atoms with Crippen LogP contribution in [0.25, 0.3) is 0 Å². The van der Waals surface area contributed by atoms with Gasteiger partial charge in [-0.15, -0.1) is 0 Å². The van der Waals surface area contributed by atoms with Gasteiger partial charge < -0.3 is 38.7 Å². The predicted octanol–water partition coefficient (Wildman–Crippen LogP) is -1.45. The van der Waals surface area contributed by atoms with Crippen LogP contribution in [-0.4, -0.2) is 50.7 Å². The highest BCUT2D eigenvalue weighted by Crippen LogP contribution is 2.21. The first-order valence-corrected chi connectivity index (χ1v) is 6.41. The largest absolute Gasteiger partial charge is 1.00 e. The van der Waals surface area contributed by atoms with Crippen LogP contribution in [0.2, 0.25) is 0 Å². The van der Waals surface area contributed by atoms with Gasteiger partial charge in [0.05, 0.1) is 40.3 Å². The van der Waals surface area contributed by atoms with E-state index in [0.717, 1.165) is 36.3 Å². The fraction of sp³-hybridized carbons (Fsp3) is 0.500. The Morgan fingerprint density at radius 1 is 1.26 bits per heavy atom. The number of nitrogens with zero attached hydrogens (tertiary/aromatic N) is 2. The maximum absolute atomic E-state index is 11.1. The summed E-state index contributed by atoms with van der Waals surface area (Å²) in [5.74, 6) is -0.0244. The molecule has 1 heterocycles. The molecule has 1 aliphatic heterocycles. The molecule has 106 valence electrons. The van der Waals surface area contributed by atoms with Gasteiger partial charge in [-0.25, -0.2) is 0 Å². The van der Waals surface area contributed by atoms with E-state index in [2.05, 4.69) is 30.4 Å². The molecule has 1 amide bonds. The number of hydrogen-bond donors (Lipinski definition) is 1. The van der Waals surface area contributed by atoms with E-state index in [1.807, 2.05) is 18.2 Å². The van der Waals surface area contributed by atoms with E-state index < -0.39 is 0 Å². The van der Waals surface area contributed by atoms with E-state index in [0.29, 0.717) is 0 Å². The number of hydrogen-bond acceptors (Lipinski definition) is 2. The molecular formula is C14H22IN3O. The Hall–Kier alpha value is -0.820. The molecule has 1 aromatic carbocycles. The third-order valence-electron chi connectivity index (χ3n) is 3.48. The number of nitrogens with one attached hydrogen (secondary N) is 1. The number of halogens is 1. The number of carbonyl (C=O) groups excluding carboxylic acids is 1. The fourth-order valence-electron chi connectivity index (χ4n) is 2.25. The van der Waals surface area contributed by atoms with Gasteiger partial charge in [-0.1, -0.05) is 6.07 Å². The first-order chi connectivity index (χ1) is 8.46. The van der Waals surface area contributed by atoms with E-state index >= 15 is 0 Å². The van der Waals surface area contributed by atoms with Crippen molar-refractivity contribution in [3.8, 4) is 0 Å². The summed E-state index contributed by atoms with van der Waals surface area (Å²) in [5.41, 5.74) is 2.07. The Morgan fingerprint density at radius 2 is 1.89 bits per heavy atom. The first-order valence-electron chi connectivity index (χ1n) is 6.41. The molecule has 1 fully saturated rings. The zero-order chi connectivity index (χ0) is 13.2. The Kier molecular flexibility index (Phi) is 5.61. The van der Waals surface area contributed by atoms with Crippen molar-refractivity contribution >= 4 is 17.3 Å². The summed E-state index contributed by atoms with van der Waals surface area (Å²) in [6.45, 7) is 5.98. The molecule has 2 rings (SSSR count). The van der Waals surface area contributed by atoms with E-state index in [-0.39, 0.29) is 29.9 Å². The topological polar surface area (TPSA) is 32.3 Å². The lowest BCUT2D eigenvalue weighted by atomic mass is 10.2. The lowest BCUT2D eigenvalue weighted by molar-refractivity contribution is -0.890. The second-order valence-electron chi connectivity index (χ2n) is 5.60. The summed E-state index contributed by atoms with van der Waals surface area (Å²) in [6.07, 6.45) is 0. The minimum absolute atomic E-state index is 0. The fourth-order valence-corrected chi connectivity index (χ4v) is 2.25. The molecule has 1 aliphatic rings. The van der Waals surface area contributed by atoms with Crippen LogP contribution in [-0.2, 0) is 4.79 Å². The minimum atomic E-state index is -0.0244. The molecule has 0 bridgehead atoms. The molecule has 0 spiro atoms. The van der Waals surface area contributed by atoms with Crippen molar-refractivity contribution in [1.29, 1.82) is 0 Å². The Morgan fingerprint density at radius 3 is 2.47 bits per heavy atom. The van der Waals surface area contributed by atoms with Gasteiger partial charge in [-0.05, 0) is 18.2 Å². The normalized spacial score (nSPS) is 17.5. The van der Waals surface area contributed by atoms with Crippen LogP contribution in [0.4, 0.5) is 11.4 Å². The van der Waals surface area contributed by atoms with Gasteiger partial charge in [0.2, 0.25) is 5.91 Å². The van der Waals surface area contributed by atoms with Crippen molar-refractivity contribution in [1.82, 2.24) is 0 Å². The van der Waals surface area contributed by atoms with E-state index in [4.69, 9.17) is 0 Å². The smallest absolute Gasteiger partial charge is 0.221 e. The lowest BCUT2D eigenvalue weighted by Gasteiger charge is -2.40. The van der Waals surface area contributed by atoms with Gasteiger partial charge >= 0.3 is 0 Å². The number of anilines is 2. The monoisotopic (exact) mass is 375 g/mol. The standard InChI is InChI=1S/C14H21N3O.HI/c1-12(18)15-13-5-4-6-14(11-13)16-7-9-17(2,3)10-8-16;/h4-6,11H,7-10H2,1-3H3;1H. The summed E-state index contributed by atoms with van der Waals surface area (Å²) < 4.78 is 1.09. The Bertz CT molecular complexity index is 438. The number of carbonyl (C=O) groups is 1. The van der Waals surface area contributed by atoms with Crippen LogP contribution in [0, 0.1) is 0 Å². The zero-order valence-electron chi connectivity index (χ0n) is 11.8. The van der Waals surface area contributed by atoms with Gasteiger partial charge in [0.1, 0.15) is 0 Å². The summed E-state index contributed by atoms with van der Waals surface area (Å²) in [6, 6.07) is 8.08. The third-order valence-corrected chi connectivity index (χ3v) is 3.48. The van der Waals surface area contributed by atoms with Crippen LogP contribution >= 0.6 is 0 Å². The number of piperazine rings is 1. The molecule has 0 aliphatic carbocycles. The molecule has 19 heavy (non-hydrogen) atoms. The first kappa shape index (κ1) is 16.2.